The maximum atomic E-state index is 12.9. The van der Waals surface area contributed by atoms with Gasteiger partial charge in [0.2, 0.25) is 11.7 Å². The van der Waals surface area contributed by atoms with Crippen LogP contribution in [0.5, 0.6) is 0 Å². The number of hydrogen-bond donors (Lipinski definition) is 3. The number of ketones is 1. The Morgan fingerprint density at radius 3 is 2.70 bits per heavy atom. The third-order valence-electron chi connectivity index (χ3n) is 5.47. The Bertz CT molecular complexity index is 534. The Kier molecular flexibility index (Phi) is 8.39. The fourth-order valence-corrected chi connectivity index (χ4v) is 4.81. The van der Waals surface area contributed by atoms with Gasteiger partial charge in [-0.1, -0.05) is 13.3 Å². The smallest absolute Gasteiger partial charge is 0.237 e. The molecule has 0 aromatic carbocycles. The lowest BCUT2D eigenvalue weighted by atomic mass is 9.93. The number of Topliss-reactive ketones (excluding diaryl/α,β-unsaturated/α-hetero) is 1. The lowest BCUT2D eigenvalue weighted by Crippen LogP contribution is -2.64. The van der Waals surface area contributed by atoms with Crippen molar-refractivity contribution in [2.75, 3.05) is 19.8 Å². The quantitative estimate of drug-likeness (QED) is 0.516. The molecule has 0 aromatic rings. The molecule has 156 valence electrons. The number of nitrogens with one attached hydrogen (secondary N) is 1. The molecule has 8 atom stereocenters. The third kappa shape index (κ3) is 5.16. The van der Waals surface area contributed by atoms with Crippen molar-refractivity contribution in [3.63, 3.8) is 0 Å². The first kappa shape index (κ1) is 22.9. The van der Waals surface area contributed by atoms with Crippen LogP contribution in [0.15, 0.2) is 0 Å². The van der Waals surface area contributed by atoms with E-state index in [9.17, 15) is 19.8 Å². The van der Waals surface area contributed by atoms with Gasteiger partial charge in [-0.2, -0.15) is 0 Å². The average Bonchev–Trinajstić information content (AvgIpc) is 2.99. The molecule has 7 nitrogen and oxygen atoms in total. The number of likely N-dealkylation sites (N-methyl/N-ethyl adjacent to an activating group) is 1. The third-order valence-corrected chi connectivity index (χ3v) is 6.51. The molecule has 2 rings (SSSR count). The lowest BCUT2D eigenvalue weighted by molar-refractivity contribution is -0.175. The summed E-state index contributed by atoms with van der Waals surface area (Å²) in [6.45, 7) is 4.70. The van der Waals surface area contributed by atoms with E-state index in [4.69, 9.17) is 16.3 Å². The summed E-state index contributed by atoms with van der Waals surface area (Å²) in [5.41, 5.74) is -0.897. The van der Waals surface area contributed by atoms with E-state index in [1.54, 1.807) is 13.2 Å². The zero-order valence-corrected chi connectivity index (χ0v) is 17.9. The maximum Gasteiger partial charge on any atom is 0.237 e. The van der Waals surface area contributed by atoms with E-state index in [0.29, 0.717) is 5.92 Å². The molecule has 0 spiro atoms. The molecule has 0 bridgehead atoms. The van der Waals surface area contributed by atoms with E-state index < -0.39 is 41.0 Å². The van der Waals surface area contributed by atoms with Crippen LogP contribution >= 0.6 is 23.4 Å². The molecule has 2 fully saturated rings. The highest BCUT2D eigenvalue weighted by Crippen LogP contribution is 2.29. The Morgan fingerprint density at radius 1 is 1.48 bits per heavy atom. The standard InChI is InChI=1S/C18H31ClN2O5S/c1-5-6-10-7-11(21(3)8-10)17(25)20-12(9(2)19)16-14(23)13(22)15(24)18(26-16)27-4/h9-14,16,18,22-23H,5-8H2,1-4H3,(H,20,25)/t9-,10+,11-,12+,13-,14+,16+,18+/m0/s1. The minimum absolute atomic E-state index is 0.170. The summed E-state index contributed by atoms with van der Waals surface area (Å²) in [6.07, 6.45) is 0.659. The summed E-state index contributed by atoms with van der Waals surface area (Å²) >= 11 is 7.43. The van der Waals surface area contributed by atoms with E-state index in [0.717, 1.165) is 37.6 Å². The molecule has 9 heteroatoms. The van der Waals surface area contributed by atoms with Crippen molar-refractivity contribution in [3.05, 3.63) is 0 Å². The van der Waals surface area contributed by atoms with Crippen molar-refractivity contribution >= 4 is 35.1 Å². The summed E-state index contributed by atoms with van der Waals surface area (Å²) in [5.74, 6) is -0.257. The van der Waals surface area contributed by atoms with Crippen LogP contribution < -0.4 is 5.32 Å². The monoisotopic (exact) mass is 422 g/mol. The molecule has 2 aliphatic rings. The van der Waals surface area contributed by atoms with Crippen LogP contribution in [0, 0.1) is 5.92 Å². The van der Waals surface area contributed by atoms with Gasteiger partial charge in [0.25, 0.3) is 0 Å². The molecule has 1 amide bonds. The summed E-state index contributed by atoms with van der Waals surface area (Å²) in [5, 5.41) is 22.8. The zero-order valence-electron chi connectivity index (χ0n) is 16.3. The Labute approximate surface area is 170 Å². The molecule has 2 saturated heterocycles. The molecule has 0 aliphatic carbocycles. The molecule has 0 saturated carbocycles. The van der Waals surface area contributed by atoms with Gasteiger partial charge in [-0.05, 0) is 39.0 Å². The first-order chi connectivity index (χ1) is 12.7. The number of amides is 1. The van der Waals surface area contributed by atoms with Crippen LogP contribution in [-0.4, -0.2) is 87.9 Å². The van der Waals surface area contributed by atoms with Crippen molar-refractivity contribution in [2.24, 2.45) is 5.92 Å². The number of hydrogen-bond acceptors (Lipinski definition) is 7. The van der Waals surface area contributed by atoms with E-state index in [2.05, 4.69) is 12.2 Å². The second-order valence-corrected chi connectivity index (χ2v) is 9.15. The van der Waals surface area contributed by atoms with Gasteiger partial charge in [0.1, 0.15) is 18.3 Å². The Morgan fingerprint density at radius 2 is 2.15 bits per heavy atom. The average molecular weight is 423 g/mol. The summed E-state index contributed by atoms with van der Waals surface area (Å²) in [4.78, 5) is 26.9. The van der Waals surface area contributed by atoms with Crippen molar-refractivity contribution in [3.8, 4) is 0 Å². The molecular formula is C18H31ClN2O5S. The second-order valence-electron chi connectivity index (χ2n) is 7.56. The molecule has 27 heavy (non-hydrogen) atoms. The SMILES string of the molecule is CCC[C@@H]1C[C@@H](C(=O)N[C@@H]([C@H]2O[C@H](SC)C(=O)[C@@H](O)[C@H]2O)[C@H](C)Cl)N(C)C1. The number of alkyl halides is 1. The van der Waals surface area contributed by atoms with Crippen LogP contribution in [0.3, 0.4) is 0 Å². The molecular weight excluding hydrogens is 392 g/mol. The summed E-state index contributed by atoms with van der Waals surface area (Å²) in [7, 11) is 1.93. The van der Waals surface area contributed by atoms with Crippen LogP contribution in [0.1, 0.15) is 33.1 Å². The number of ether oxygens (including phenoxy) is 1. The first-order valence-corrected chi connectivity index (χ1v) is 11.2. The van der Waals surface area contributed by atoms with Crippen molar-refractivity contribution in [2.45, 2.75) is 74.3 Å². The lowest BCUT2D eigenvalue weighted by Gasteiger charge is -2.40. The van der Waals surface area contributed by atoms with Crippen molar-refractivity contribution < 1.29 is 24.5 Å². The second kappa shape index (κ2) is 9.89. The van der Waals surface area contributed by atoms with Gasteiger partial charge < -0.3 is 20.3 Å². The minimum atomic E-state index is -1.56. The van der Waals surface area contributed by atoms with Gasteiger partial charge in [-0.15, -0.1) is 23.4 Å². The van der Waals surface area contributed by atoms with Gasteiger partial charge in [-0.3, -0.25) is 14.5 Å². The molecule has 0 unspecified atom stereocenters. The molecule has 0 aromatic heterocycles. The maximum absolute atomic E-state index is 12.9. The first-order valence-electron chi connectivity index (χ1n) is 9.44. The number of halogens is 1. The highest BCUT2D eigenvalue weighted by molar-refractivity contribution is 7.99. The zero-order chi connectivity index (χ0) is 20.3. The number of likely N-dealkylation sites (tertiary alicyclic amines) is 1. The number of aliphatic hydroxyl groups excluding tert-OH is 2. The van der Waals surface area contributed by atoms with E-state index in [1.165, 1.54) is 0 Å². The van der Waals surface area contributed by atoms with Crippen molar-refractivity contribution in [1.29, 1.82) is 0 Å². The van der Waals surface area contributed by atoms with Crippen molar-refractivity contribution in [1.82, 2.24) is 10.2 Å². The topological polar surface area (TPSA) is 99.1 Å². The number of rotatable bonds is 7. The van der Waals surface area contributed by atoms with Crippen LogP contribution in [0.4, 0.5) is 0 Å². The highest BCUT2D eigenvalue weighted by Gasteiger charge is 2.48. The number of aliphatic hydroxyl groups is 2. The number of nitrogens with zero attached hydrogens (tertiary/aromatic N) is 1. The summed E-state index contributed by atoms with van der Waals surface area (Å²) < 4.78 is 5.69. The van der Waals surface area contributed by atoms with Gasteiger partial charge >= 0.3 is 0 Å². The number of carbonyl (C=O) groups is 2. The molecule has 2 aliphatic heterocycles. The predicted octanol–water partition coefficient (Wildman–Crippen LogP) is 0.598. The molecule has 2 heterocycles. The van der Waals surface area contributed by atoms with Gasteiger partial charge in [0, 0.05) is 6.54 Å². The summed E-state index contributed by atoms with van der Waals surface area (Å²) in [6, 6.07) is -0.992. The normalized spacial score (nSPS) is 37.2. The minimum Gasteiger partial charge on any atom is -0.387 e. The molecule has 3 N–H and O–H groups in total. The van der Waals surface area contributed by atoms with Gasteiger partial charge in [0.15, 0.2) is 5.44 Å². The molecule has 0 radical (unpaired) electrons. The van der Waals surface area contributed by atoms with Crippen LogP contribution in [-0.2, 0) is 14.3 Å². The van der Waals surface area contributed by atoms with Gasteiger partial charge in [-0.25, -0.2) is 0 Å². The van der Waals surface area contributed by atoms with Gasteiger partial charge in [0.05, 0.1) is 17.5 Å². The predicted molar refractivity (Wildman–Crippen MR) is 106 cm³/mol. The largest absolute Gasteiger partial charge is 0.387 e. The Balaban J connectivity index is 2.11. The Hall–Kier alpha value is -0.380. The van der Waals surface area contributed by atoms with E-state index >= 15 is 0 Å². The fraction of sp³-hybridized carbons (Fsp3) is 0.889. The van der Waals surface area contributed by atoms with Crippen LogP contribution in [0.25, 0.3) is 0 Å². The number of thioether (sulfide) groups is 1. The number of carbonyl (C=O) groups excluding carboxylic acids is 2. The van der Waals surface area contributed by atoms with Crippen LogP contribution in [0.2, 0.25) is 0 Å². The van der Waals surface area contributed by atoms with E-state index in [-0.39, 0.29) is 11.9 Å². The highest BCUT2D eigenvalue weighted by atomic mass is 35.5. The fourth-order valence-electron chi connectivity index (χ4n) is 3.99. The van der Waals surface area contributed by atoms with E-state index in [1.807, 2.05) is 11.9 Å².